The largest absolute Gasteiger partial charge is 0.497 e. The maximum absolute atomic E-state index is 13.9. The molecule has 0 fully saturated rings. The van der Waals surface area contributed by atoms with E-state index in [9.17, 15) is 19.2 Å². The number of carbonyl (C=O) groups excluding carboxylic acids is 4. The van der Waals surface area contributed by atoms with E-state index in [1.165, 1.54) is 9.80 Å². The molecule has 4 rings (SSSR count). The lowest BCUT2D eigenvalue weighted by Crippen LogP contribution is -2.58. The number of anilines is 2. The van der Waals surface area contributed by atoms with Crippen LogP contribution in [0.5, 0.6) is 11.5 Å². The molecule has 3 aromatic rings. The van der Waals surface area contributed by atoms with Crippen LogP contribution in [0.1, 0.15) is 36.2 Å². The molecule has 1 atom stereocenters. The molecule has 1 aliphatic heterocycles. The number of ketones is 1. The van der Waals surface area contributed by atoms with E-state index in [1.807, 2.05) is 19.1 Å². The molecule has 3 aromatic carbocycles. The normalized spacial score (nSPS) is 13.9. The number of amides is 3. The lowest BCUT2D eigenvalue weighted by atomic mass is 9.93. The fourth-order valence-corrected chi connectivity index (χ4v) is 4.49. The molecule has 9 heteroatoms. The Morgan fingerprint density at radius 1 is 0.897 bits per heavy atom. The molecule has 0 spiro atoms. The Hall–Kier alpha value is -4.66. The van der Waals surface area contributed by atoms with Gasteiger partial charge in [0.15, 0.2) is 0 Å². The van der Waals surface area contributed by atoms with Gasteiger partial charge in [-0.1, -0.05) is 31.2 Å². The van der Waals surface area contributed by atoms with Crippen LogP contribution in [0.3, 0.4) is 0 Å². The average molecular weight is 530 g/mol. The summed E-state index contributed by atoms with van der Waals surface area (Å²) in [7, 11) is 3.12. The minimum absolute atomic E-state index is 0.0980. The molecule has 0 radical (unpaired) electrons. The monoisotopic (exact) mass is 529 g/mol. The average Bonchev–Trinajstić information content (AvgIpc) is 3.20. The van der Waals surface area contributed by atoms with Crippen molar-refractivity contribution in [1.82, 2.24) is 4.90 Å². The number of benzene rings is 3. The third kappa shape index (κ3) is 5.47. The summed E-state index contributed by atoms with van der Waals surface area (Å²) >= 11 is 0. The Bertz CT molecular complexity index is 1390. The maximum atomic E-state index is 13.9. The van der Waals surface area contributed by atoms with Crippen molar-refractivity contribution in [1.29, 1.82) is 0 Å². The van der Waals surface area contributed by atoms with Crippen molar-refractivity contribution < 1.29 is 28.7 Å². The van der Waals surface area contributed by atoms with Crippen LogP contribution in [-0.2, 0) is 20.9 Å². The molecular formula is C30H31N3O6. The Morgan fingerprint density at radius 3 is 2.08 bits per heavy atom. The molecule has 0 aromatic heterocycles. The van der Waals surface area contributed by atoms with Crippen molar-refractivity contribution in [3.8, 4) is 11.5 Å². The van der Waals surface area contributed by atoms with Crippen LogP contribution in [0.2, 0.25) is 0 Å². The van der Waals surface area contributed by atoms with E-state index in [-0.39, 0.29) is 24.6 Å². The molecular weight excluding hydrogens is 498 g/mol. The second-order valence-corrected chi connectivity index (χ2v) is 9.38. The molecule has 0 saturated carbocycles. The van der Waals surface area contributed by atoms with Crippen LogP contribution in [0.15, 0.2) is 72.8 Å². The van der Waals surface area contributed by atoms with Crippen LogP contribution >= 0.6 is 0 Å². The van der Waals surface area contributed by atoms with Gasteiger partial charge in [-0.3, -0.25) is 24.1 Å². The van der Waals surface area contributed by atoms with E-state index in [4.69, 9.17) is 9.47 Å². The molecule has 1 N–H and O–H groups in total. The van der Waals surface area contributed by atoms with Gasteiger partial charge in [0, 0.05) is 12.2 Å². The molecule has 3 amide bonds. The summed E-state index contributed by atoms with van der Waals surface area (Å²) in [4.78, 5) is 55.6. The summed E-state index contributed by atoms with van der Waals surface area (Å²) in [5.74, 6) is -0.984. The summed E-state index contributed by atoms with van der Waals surface area (Å²) in [5, 5.41) is 2.91. The smallest absolute Gasteiger partial charge is 0.299 e. The van der Waals surface area contributed by atoms with Crippen LogP contribution in [0.25, 0.3) is 0 Å². The summed E-state index contributed by atoms with van der Waals surface area (Å²) in [6.45, 7) is 3.23. The summed E-state index contributed by atoms with van der Waals surface area (Å²) in [6.07, 6.45) is 0.292. The van der Waals surface area contributed by atoms with Crippen LogP contribution in [-0.4, -0.2) is 54.7 Å². The number of nitrogens with zero attached hydrogens (tertiary/aromatic N) is 2. The first-order chi connectivity index (χ1) is 18.7. The minimum atomic E-state index is -1.29. The highest BCUT2D eigenvalue weighted by Gasteiger charge is 2.43. The predicted octanol–water partition coefficient (Wildman–Crippen LogP) is 4.07. The number of hydrogen-bond donors (Lipinski definition) is 1. The number of nitrogens with one attached hydrogen (secondary N) is 1. The SMILES string of the molecule is CCC(C)(C(=O)Nc1ccc(OC)cc1)N(Cc1ccc(OC)cc1)C(=O)CN1C(=O)C(=O)c2ccccc21. The molecule has 0 aliphatic carbocycles. The fourth-order valence-electron chi connectivity index (χ4n) is 4.49. The van der Waals surface area contributed by atoms with Crippen molar-refractivity contribution in [2.24, 2.45) is 0 Å². The summed E-state index contributed by atoms with van der Waals surface area (Å²) < 4.78 is 10.4. The van der Waals surface area contributed by atoms with Gasteiger partial charge in [0.1, 0.15) is 23.6 Å². The van der Waals surface area contributed by atoms with Crippen LogP contribution in [0, 0.1) is 0 Å². The number of fused-ring (bicyclic) bond motifs is 1. The number of methoxy groups -OCH3 is 2. The van der Waals surface area contributed by atoms with Crippen LogP contribution < -0.4 is 19.7 Å². The van der Waals surface area contributed by atoms with E-state index in [1.54, 1.807) is 81.8 Å². The minimum Gasteiger partial charge on any atom is -0.497 e. The first-order valence-electron chi connectivity index (χ1n) is 12.6. The number of ether oxygens (including phenoxy) is 2. The number of rotatable bonds is 10. The predicted molar refractivity (Wildman–Crippen MR) is 147 cm³/mol. The Balaban J connectivity index is 1.66. The Morgan fingerprint density at radius 2 is 1.49 bits per heavy atom. The lowest BCUT2D eigenvalue weighted by molar-refractivity contribution is -0.145. The van der Waals surface area contributed by atoms with Gasteiger partial charge in [0.05, 0.1) is 25.5 Å². The lowest BCUT2D eigenvalue weighted by Gasteiger charge is -2.40. The van der Waals surface area contributed by atoms with Crippen molar-refractivity contribution in [2.75, 3.05) is 31.0 Å². The highest BCUT2D eigenvalue weighted by atomic mass is 16.5. The van der Waals surface area contributed by atoms with Crippen molar-refractivity contribution in [3.63, 3.8) is 0 Å². The van der Waals surface area contributed by atoms with E-state index < -0.39 is 23.1 Å². The topological polar surface area (TPSA) is 105 Å². The van der Waals surface area contributed by atoms with E-state index in [0.717, 1.165) is 5.56 Å². The molecule has 0 saturated heterocycles. The van der Waals surface area contributed by atoms with Gasteiger partial charge >= 0.3 is 0 Å². The Kier molecular flexibility index (Phi) is 7.99. The highest BCUT2D eigenvalue weighted by molar-refractivity contribution is 6.52. The first kappa shape index (κ1) is 27.4. The third-order valence-corrected chi connectivity index (χ3v) is 7.09. The molecule has 0 bridgehead atoms. The maximum Gasteiger partial charge on any atom is 0.299 e. The van der Waals surface area contributed by atoms with E-state index in [0.29, 0.717) is 29.3 Å². The van der Waals surface area contributed by atoms with Gasteiger partial charge < -0.3 is 19.7 Å². The molecule has 202 valence electrons. The second kappa shape index (κ2) is 11.4. The molecule has 9 nitrogen and oxygen atoms in total. The zero-order chi connectivity index (χ0) is 28.2. The molecule has 1 unspecified atom stereocenters. The number of para-hydroxylation sites is 1. The molecule has 39 heavy (non-hydrogen) atoms. The second-order valence-electron chi connectivity index (χ2n) is 9.38. The molecule has 1 aliphatic rings. The van der Waals surface area contributed by atoms with Gasteiger partial charge in [0.2, 0.25) is 11.8 Å². The van der Waals surface area contributed by atoms with Gasteiger partial charge in [-0.2, -0.15) is 0 Å². The van der Waals surface area contributed by atoms with Gasteiger partial charge in [0.25, 0.3) is 11.7 Å². The van der Waals surface area contributed by atoms with Gasteiger partial charge in [-0.15, -0.1) is 0 Å². The Labute approximate surface area is 227 Å². The number of Topliss-reactive ketones (excluding diaryl/α,β-unsaturated/α-hetero) is 1. The summed E-state index contributed by atoms with van der Waals surface area (Å²) in [6, 6.07) is 20.6. The quantitative estimate of drug-likeness (QED) is 0.397. The first-order valence-corrected chi connectivity index (χ1v) is 12.6. The van der Waals surface area contributed by atoms with Crippen molar-refractivity contribution in [3.05, 3.63) is 83.9 Å². The number of carbonyl (C=O) groups is 4. The molecule has 1 heterocycles. The number of hydrogen-bond acceptors (Lipinski definition) is 6. The van der Waals surface area contributed by atoms with Gasteiger partial charge in [-0.25, -0.2) is 0 Å². The third-order valence-electron chi connectivity index (χ3n) is 7.09. The van der Waals surface area contributed by atoms with Crippen molar-refractivity contribution in [2.45, 2.75) is 32.4 Å². The van der Waals surface area contributed by atoms with E-state index in [2.05, 4.69) is 5.32 Å². The zero-order valence-electron chi connectivity index (χ0n) is 22.4. The van der Waals surface area contributed by atoms with Crippen molar-refractivity contribution >= 4 is 34.9 Å². The van der Waals surface area contributed by atoms with Gasteiger partial charge in [-0.05, 0) is 67.4 Å². The van der Waals surface area contributed by atoms with E-state index >= 15 is 0 Å². The zero-order valence-corrected chi connectivity index (χ0v) is 22.4. The fraction of sp³-hybridized carbons (Fsp3) is 0.267. The standard InChI is InChI=1S/C30H31N3O6/c1-5-30(2,29(37)31-21-12-16-23(39-4)17-13-21)33(18-20-10-14-22(38-3)15-11-20)26(34)19-32-25-9-7-6-8-24(25)27(35)28(32)36/h6-17H,5,18-19H2,1-4H3,(H,31,37). The summed E-state index contributed by atoms with van der Waals surface area (Å²) in [5.41, 5.74) is 0.666. The van der Waals surface area contributed by atoms with Crippen LogP contribution in [0.4, 0.5) is 11.4 Å². The highest BCUT2D eigenvalue weighted by Crippen LogP contribution is 2.31.